The van der Waals surface area contributed by atoms with Crippen LogP contribution in [0, 0.1) is 0 Å². The zero-order chi connectivity index (χ0) is 14.8. The van der Waals surface area contributed by atoms with Crippen LogP contribution in [0.1, 0.15) is 19.8 Å². The van der Waals surface area contributed by atoms with Crippen LogP contribution in [0.3, 0.4) is 0 Å². The first-order valence-electron chi connectivity index (χ1n) is 6.62. The van der Waals surface area contributed by atoms with Gasteiger partial charge in [0.05, 0.1) is 12.8 Å². The molecule has 7 nitrogen and oxygen atoms in total. The minimum atomic E-state index is -3.33. The van der Waals surface area contributed by atoms with Crippen molar-refractivity contribution in [2.45, 2.75) is 38.4 Å². The summed E-state index contributed by atoms with van der Waals surface area (Å²) in [7, 11) is -3.33. The molecule has 1 saturated heterocycles. The van der Waals surface area contributed by atoms with E-state index < -0.39 is 16.1 Å². The van der Waals surface area contributed by atoms with Gasteiger partial charge in [0.1, 0.15) is 6.04 Å². The maximum absolute atomic E-state index is 12.2. The van der Waals surface area contributed by atoms with Gasteiger partial charge in [0, 0.05) is 25.0 Å². The van der Waals surface area contributed by atoms with Gasteiger partial charge in [-0.25, -0.2) is 8.42 Å². The highest BCUT2D eigenvalue weighted by atomic mass is 32.2. The van der Waals surface area contributed by atoms with Crippen LogP contribution in [0.15, 0.2) is 18.5 Å². The topological polar surface area (TPSA) is 84.3 Å². The summed E-state index contributed by atoms with van der Waals surface area (Å²) in [6.45, 7) is 2.86. The molecule has 0 unspecified atom stereocenters. The SMILES string of the molecule is C[C@@H](Cn1cccn1)NC(=O)[C@H]1CCCN1S(C)(=O)=O. The molecular weight excluding hydrogens is 280 g/mol. The molecule has 1 aromatic rings. The van der Waals surface area contributed by atoms with Crippen LogP contribution in [0.5, 0.6) is 0 Å². The van der Waals surface area contributed by atoms with E-state index in [4.69, 9.17) is 0 Å². The number of carbonyl (C=O) groups is 1. The normalized spacial score (nSPS) is 21.8. The number of hydrogen-bond donors (Lipinski definition) is 1. The molecule has 1 amide bonds. The predicted molar refractivity (Wildman–Crippen MR) is 74.4 cm³/mol. The van der Waals surface area contributed by atoms with E-state index in [1.807, 2.05) is 19.2 Å². The second-order valence-electron chi connectivity index (χ2n) is 5.17. The number of nitrogens with one attached hydrogen (secondary N) is 1. The molecule has 1 N–H and O–H groups in total. The van der Waals surface area contributed by atoms with Crippen LogP contribution < -0.4 is 5.32 Å². The summed E-state index contributed by atoms with van der Waals surface area (Å²) in [5.74, 6) is -0.229. The number of nitrogens with zero attached hydrogens (tertiary/aromatic N) is 3. The molecule has 1 aliphatic rings. The lowest BCUT2D eigenvalue weighted by atomic mass is 10.2. The average Bonchev–Trinajstić information content (AvgIpc) is 2.96. The Morgan fingerprint density at radius 1 is 1.55 bits per heavy atom. The molecule has 0 aromatic carbocycles. The van der Waals surface area contributed by atoms with Crippen LogP contribution in [0.4, 0.5) is 0 Å². The number of aromatic nitrogens is 2. The molecule has 2 rings (SSSR count). The number of hydrogen-bond acceptors (Lipinski definition) is 4. The predicted octanol–water partition coefficient (Wildman–Crippen LogP) is -0.188. The van der Waals surface area contributed by atoms with Gasteiger partial charge in [-0.2, -0.15) is 9.40 Å². The van der Waals surface area contributed by atoms with Crippen molar-refractivity contribution in [2.75, 3.05) is 12.8 Å². The summed E-state index contributed by atoms with van der Waals surface area (Å²) in [5, 5.41) is 6.93. The van der Waals surface area contributed by atoms with Crippen molar-refractivity contribution >= 4 is 15.9 Å². The molecule has 1 fully saturated rings. The van der Waals surface area contributed by atoms with Gasteiger partial charge in [-0.15, -0.1) is 0 Å². The van der Waals surface area contributed by atoms with E-state index in [1.165, 1.54) is 4.31 Å². The second kappa shape index (κ2) is 5.92. The van der Waals surface area contributed by atoms with Crippen molar-refractivity contribution in [3.05, 3.63) is 18.5 Å². The molecule has 20 heavy (non-hydrogen) atoms. The minimum Gasteiger partial charge on any atom is -0.350 e. The Labute approximate surface area is 119 Å². The molecule has 2 atom stereocenters. The van der Waals surface area contributed by atoms with Gasteiger partial charge in [0.15, 0.2) is 0 Å². The van der Waals surface area contributed by atoms with Crippen LogP contribution in [0.2, 0.25) is 0 Å². The van der Waals surface area contributed by atoms with Gasteiger partial charge in [0.2, 0.25) is 15.9 Å². The molecule has 1 aromatic heterocycles. The molecule has 0 spiro atoms. The highest BCUT2D eigenvalue weighted by Gasteiger charge is 2.36. The van der Waals surface area contributed by atoms with Crippen molar-refractivity contribution in [1.82, 2.24) is 19.4 Å². The standard InChI is InChI=1S/C12H20N4O3S/c1-10(9-15-7-4-6-13-15)14-12(17)11-5-3-8-16(11)20(2,18)19/h4,6-7,10-11H,3,5,8-9H2,1-2H3,(H,14,17)/t10-,11+/m0/s1. The Balaban J connectivity index is 1.94. The van der Waals surface area contributed by atoms with Crippen LogP contribution in [-0.2, 0) is 21.4 Å². The third-order valence-corrected chi connectivity index (χ3v) is 4.63. The number of rotatable bonds is 5. The van der Waals surface area contributed by atoms with Gasteiger partial charge in [0.25, 0.3) is 0 Å². The summed E-state index contributed by atoms with van der Waals surface area (Å²) >= 11 is 0. The zero-order valence-electron chi connectivity index (χ0n) is 11.7. The lowest BCUT2D eigenvalue weighted by Crippen LogP contribution is -2.48. The van der Waals surface area contributed by atoms with Crippen molar-refractivity contribution in [2.24, 2.45) is 0 Å². The van der Waals surface area contributed by atoms with Gasteiger partial charge in [-0.05, 0) is 25.8 Å². The smallest absolute Gasteiger partial charge is 0.238 e. The van der Waals surface area contributed by atoms with Crippen LogP contribution in [-0.4, -0.2) is 53.3 Å². The van der Waals surface area contributed by atoms with E-state index in [0.717, 1.165) is 12.7 Å². The lowest BCUT2D eigenvalue weighted by Gasteiger charge is -2.23. The van der Waals surface area contributed by atoms with E-state index >= 15 is 0 Å². The second-order valence-corrected chi connectivity index (χ2v) is 7.10. The summed E-state index contributed by atoms with van der Waals surface area (Å²) in [4.78, 5) is 12.2. The zero-order valence-corrected chi connectivity index (χ0v) is 12.5. The molecule has 0 radical (unpaired) electrons. The molecule has 112 valence electrons. The minimum absolute atomic E-state index is 0.107. The number of amides is 1. The summed E-state index contributed by atoms with van der Waals surface area (Å²) < 4.78 is 26.3. The Hall–Kier alpha value is -1.41. The summed E-state index contributed by atoms with van der Waals surface area (Å²) in [6.07, 6.45) is 5.94. The highest BCUT2D eigenvalue weighted by Crippen LogP contribution is 2.20. The van der Waals surface area contributed by atoms with Crippen molar-refractivity contribution < 1.29 is 13.2 Å². The average molecular weight is 300 g/mol. The summed E-state index contributed by atoms with van der Waals surface area (Å²) in [5.41, 5.74) is 0. The molecular formula is C12H20N4O3S. The lowest BCUT2D eigenvalue weighted by molar-refractivity contribution is -0.124. The molecule has 8 heteroatoms. The van der Waals surface area contributed by atoms with Gasteiger partial charge >= 0.3 is 0 Å². The molecule has 1 aliphatic heterocycles. The first kappa shape index (κ1) is 15.0. The number of carbonyl (C=O) groups excluding carboxylic acids is 1. The fourth-order valence-corrected chi connectivity index (χ4v) is 3.60. The molecule has 2 heterocycles. The van der Waals surface area contributed by atoms with E-state index in [0.29, 0.717) is 19.5 Å². The number of sulfonamides is 1. The van der Waals surface area contributed by atoms with Crippen molar-refractivity contribution in [3.8, 4) is 0 Å². The van der Waals surface area contributed by atoms with Crippen molar-refractivity contribution in [3.63, 3.8) is 0 Å². The monoisotopic (exact) mass is 300 g/mol. The maximum Gasteiger partial charge on any atom is 0.238 e. The van der Waals surface area contributed by atoms with E-state index in [9.17, 15) is 13.2 Å². The molecule has 0 bridgehead atoms. The maximum atomic E-state index is 12.2. The third-order valence-electron chi connectivity index (χ3n) is 3.34. The Morgan fingerprint density at radius 2 is 2.30 bits per heavy atom. The third kappa shape index (κ3) is 3.57. The molecule has 0 aliphatic carbocycles. The molecule has 0 saturated carbocycles. The highest BCUT2D eigenvalue weighted by molar-refractivity contribution is 7.88. The first-order chi connectivity index (χ1) is 9.38. The van der Waals surface area contributed by atoms with Gasteiger partial charge in [-0.3, -0.25) is 9.48 Å². The van der Waals surface area contributed by atoms with Crippen LogP contribution in [0.25, 0.3) is 0 Å². The summed E-state index contributed by atoms with van der Waals surface area (Å²) in [6, 6.07) is 1.13. The quantitative estimate of drug-likeness (QED) is 0.817. The van der Waals surface area contributed by atoms with E-state index in [1.54, 1.807) is 10.9 Å². The van der Waals surface area contributed by atoms with Gasteiger partial charge < -0.3 is 5.32 Å². The van der Waals surface area contributed by atoms with E-state index in [-0.39, 0.29) is 11.9 Å². The largest absolute Gasteiger partial charge is 0.350 e. The first-order valence-corrected chi connectivity index (χ1v) is 8.47. The van der Waals surface area contributed by atoms with Crippen molar-refractivity contribution in [1.29, 1.82) is 0 Å². The Bertz CT molecular complexity index is 555. The van der Waals surface area contributed by atoms with Crippen LogP contribution >= 0.6 is 0 Å². The van der Waals surface area contributed by atoms with Gasteiger partial charge in [-0.1, -0.05) is 0 Å². The Morgan fingerprint density at radius 3 is 2.90 bits per heavy atom. The fraction of sp³-hybridized carbons (Fsp3) is 0.667. The Kier molecular flexibility index (Phi) is 4.44. The fourth-order valence-electron chi connectivity index (χ4n) is 2.47. The van der Waals surface area contributed by atoms with E-state index in [2.05, 4.69) is 10.4 Å².